The highest BCUT2D eigenvalue weighted by molar-refractivity contribution is 7.89. The summed E-state index contributed by atoms with van der Waals surface area (Å²) in [5, 5.41) is 12.7. The molecule has 0 fully saturated rings. The van der Waals surface area contributed by atoms with Gasteiger partial charge in [0.2, 0.25) is 10.0 Å². The van der Waals surface area contributed by atoms with Crippen molar-refractivity contribution in [1.29, 1.82) is 0 Å². The second kappa shape index (κ2) is 11.3. The lowest BCUT2D eigenvalue weighted by molar-refractivity contribution is -0.385. The lowest BCUT2D eigenvalue weighted by Crippen LogP contribution is -2.31. The van der Waals surface area contributed by atoms with Crippen LogP contribution in [-0.4, -0.2) is 37.9 Å². The van der Waals surface area contributed by atoms with Gasteiger partial charge in [-0.05, 0) is 60.9 Å². The summed E-state index contributed by atoms with van der Waals surface area (Å²) in [7, 11) is -3.57. The Labute approximate surface area is 206 Å². The molecule has 0 saturated carbocycles. The van der Waals surface area contributed by atoms with Crippen LogP contribution >= 0.6 is 12.4 Å². The quantitative estimate of drug-likeness (QED) is 0.252. The molecule has 3 aromatic rings. The summed E-state index contributed by atoms with van der Waals surface area (Å²) in [6.07, 6.45) is 3.53. The van der Waals surface area contributed by atoms with Gasteiger partial charge in [0.1, 0.15) is 0 Å². The molecule has 3 aromatic carbocycles. The molecule has 9 heteroatoms. The van der Waals surface area contributed by atoms with Gasteiger partial charge in [-0.15, -0.1) is 12.4 Å². The van der Waals surface area contributed by atoms with Gasteiger partial charge >= 0.3 is 0 Å². The third-order valence-electron chi connectivity index (χ3n) is 6.33. The number of nitrogens with one attached hydrogen (secondary N) is 1. The fourth-order valence-corrected chi connectivity index (χ4v) is 5.77. The van der Waals surface area contributed by atoms with E-state index in [9.17, 15) is 18.5 Å². The van der Waals surface area contributed by atoms with Crippen molar-refractivity contribution in [1.82, 2.24) is 9.62 Å². The second-order valence-corrected chi connectivity index (χ2v) is 10.4. The van der Waals surface area contributed by atoms with Crippen molar-refractivity contribution in [2.45, 2.75) is 44.0 Å². The van der Waals surface area contributed by atoms with E-state index < -0.39 is 10.0 Å². The highest BCUT2D eigenvalue weighted by Crippen LogP contribution is 2.26. The van der Waals surface area contributed by atoms with E-state index in [1.54, 1.807) is 18.2 Å². The number of nitrogens with zero attached hydrogens (tertiary/aromatic N) is 2. The Morgan fingerprint density at radius 2 is 1.76 bits per heavy atom. The van der Waals surface area contributed by atoms with E-state index >= 15 is 0 Å². The Kier molecular flexibility index (Phi) is 8.65. The van der Waals surface area contributed by atoms with Crippen molar-refractivity contribution in [3.05, 3.63) is 81.4 Å². The zero-order valence-corrected chi connectivity index (χ0v) is 20.8. The minimum Gasteiger partial charge on any atom is -0.299 e. The summed E-state index contributed by atoms with van der Waals surface area (Å²) in [5.41, 5.74) is 3.42. The number of rotatable bonds is 9. The molecule has 1 aliphatic rings. The maximum atomic E-state index is 12.9. The number of hydrogen-bond donors (Lipinski definition) is 1. The molecule has 0 aliphatic carbocycles. The predicted molar refractivity (Wildman–Crippen MR) is 137 cm³/mol. The van der Waals surface area contributed by atoms with Gasteiger partial charge in [0.05, 0.1) is 9.82 Å². The van der Waals surface area contributed by atoms with Crippen LogP contribution in [0.2, 0.25) is 0 Å². The number of sulfonamides is 1. The predicted octanol–water partition coefficient (Wildman–Crippen LogP) is 4.99. The largest absolute Gasteiger partial charge is 0.299 e. The Bertz CT molecular complexity index is 1280. The first kappa shape index (κ1) is 26.1. The molecule has 0 atom stereocenters. The molecular weight excluding hydrogens is 474 g/mol. The van der Waals surface area contributed by atoms with Gasteiger partial charge in [0.25, 0.3) is 5.69 Å². The first-order valence-corrected chi connectivity index (χ1v) is 12.8. The Balaban J connectivity index is 0.00000324. The van der Waals surface area contributed by atoms with Crippen LogP contribution in [0.1, 0.15) is 36.0 Å². The van der Waals surface area contributed by atoms with E-state index in [1.165, 1.54) is 5.56 Å². The molecule has 182 valence electrons. The van der Waals surface area contributed by atoms with E-state index in [-0.39, 0.29) is 23.0 Å². The monoisotopic (exact) mass is 503 g/mol. The summed E-state index contributed by atoms with van der Waals surface area (Å²) >= 11 is 0. The molecule has 0 saturated heterocycles. The van der Waals surface area contributed by atoms with E-state index in [0.717, 1.165) is 67.2 Å². The highest BCUT2D eigenvalue weighted by Gasteiger charge is 2.19. The molecule has 0 bridgehead atoms. The van der Waals surface area contributed by atoms with Crippen molar-refractivity contribution < 1.29 is 13.3 Å². The molecule has 1 heterocycles. The first-order chi connectivity index (χ1) is 15.8. The van der Waals surface area contributed by atoms with Crippen molar-refractivity contribution >= 4 is 38.9 Å². The van der Waals surface area contributed by atoms with E-state index in [4.69, 9.17) is 0 Å². The van der Waals surface area contributed by atoms with E-state index in [2.05, 4.69) is 9.62 Å². The van der Waals surface area contributed by atoms with Crippen molar-refractivity contribution in [2.24, 2.45) is 0 Å². The van der Waals surface area contributed by atoms with Crippen LogP contribution in [0, 0.1) is 17.0 Å². The maximum absolute atomic E-state index is 12.9. The molecule has 4 rings (SSSR count). The number of hydrogen-bond acceptors (Lipinski definition) is 5. The molecule has 0 amide bonds. The molecule has 1 aliphatic heterocycles. The number of unbranched alkanes of at least 4 members (excludes halogenated alkanes) is 2. The van der Waals surface area contributed by atoms with Crippen molar-refractivity contribution in [3.63, 3.8) is 0 Å². The van der Waals surface area contributed by atoms with Crippen LogP contribution in [0.15, 0.2) is 59.5 Å². The summed E-state index contributed by atoms with van der Waals surface area (Å²) in [4.78, 5) is 13.3. The third kappa shape index (κ3) is 5.93. The zero-order chi connectivity index (χ0) is 23.4. The fraction of sp³-hybridized carbons (Fsp3) is 0.360. The van der Waals surface area contributed by atoms with Gasteiger partial charge in [-0.3, -0.25) is 15.0 Å². The number of nitro benzene ring substituents is 1. The SMILES string of the molecule is Cc1ccc(S(=O)(=O)NCCCCCN2CCc3ccc([N+](=O)[O-])cc3C2)c2ccccc12.Cl. The number of aryl methyl sites for hydroxylation is 1. The van der Waals surface area contributed by atoms with Crippen LogP contribution in [0.25, 0.3) is 10.8 Å². The highest BCUT2D eigenvalue weighted by atomic mass is 35.5. The number of fused-ring (bicyclic) bond motifs is 2. The fourth-order valence-electron chi connectivity index (χ4n) is 4.48. The normalized spacial score (nSPS) is 13.9. The Hall–Kier alpha value is -2.52. The minimum atomic E-state index is -3.57. The van der Waals surface area contributed by atoms with Gasteiger partial charge in [0, 0.05) is 37.2 Å². The summed E-state index contributed by atoms with van der Waals surface area (Å²) < 4.78 is 28.5. The van der Waals surface area contributed by atoms with Gasteiger partial charge in [-0.1, -0.05) is 42.8 Å². The van der Waals surface area contributed by atoms with Crippen LogP contribution in [0.3, 0.4) is 0 Å². The third-order valence-corrected chi connectivity index (χ3v) is 7.85. The maximum Gasteiger partial charge on any atom is 0.269 e. The van der Waals surface area contributed by atoms with Crippen molar-refractivity contribution in [2.75, 3.05) is 19.6 Å². The lowest BCUT2D eigenvalue weighted by atomic mass is 9.99. The molecule has 1 N–H and O–H groups in total. The van der Waals surface area contributed by atoms with Gasteiger partial charge in [-0.2, -0.15) is 0 Å². The summed E-state index contributed by atoms with van der Waals surface area (Å²) in [6.45, 7) is 4.95. The standard InChI is InChI=1S/C25H29N3O4S.ClH/c1-19-9-12-25(24-8-4-3-7-23(19)24)33(31,32)26-14-5-2-6-15-27-16-13-20-10-11-22(28(29)30)17-21(20)18-27;/h3-4,7-12,17,26H,2,5-6,13-16,18H2,1H3;1H. The Morgan fingerprint density at radius 3 is 2.53 bits per heavy atom. The van der Waals surface area contributed by atoms with Crippen LogP contribution in [0.4, 0.5) is 5.69 Å². The van der Waals surface area contributed by atoms with Gasteiger partial charge < -0.3 is 0 Å². The van der Waals surface area contributed by atoms with Gasteiger partial charge in [-0.25, -0.2) is 13.1 Å². The molecule has 0 spiro atoms. The summed E-state index contributed by atoms with van der Waals surface area (Å²) in [5.74, 6) is 0. The number of nitro groups is 1. The molecule has 0 aromatic heterocycles. The Morgan fingerprint density at radius 1 is 1.00 bits per heavy atom. The molecule has 7 nitrogen and oxygen atoms in total. The second-order valence-electron chi connectivity index (χ2n) is 8.62. The number of benzene rings is 3. The lowest BCUT2D eigenvalue weighted by Gasteiger charge is -2.28. The average molecular weight is 504 g/mol. The number of halogens is 1. The number of non-ortho nitro benzene ring substituents is 1. The minimum absolute atomic E-state index is 0. The van der Waals surface area contributed by atoms with Crippen LogP contribution in [0.5, 0.6) is 0 Å². The van der Waals surface area contributed by atoms with Crippen LogP contribution in [-0.2, 0) is 23.0 Å². The summed E-state index contributed by atoms with van der Waals surface area (Å²) in [6, 6.07) is 16.2. The first-order valence-electron chi connectivity index (χ1n) is 11.3. The zero-order valence-electron chi connectivity index (χ0n) is 19.2. The smallest absolute Gasteiger partial charge is 0.269 e. The van der Waals surface area contributed by atoms with E-state index in [1.807, 2.05) is 43.3 Å². The van der Waals surface area contributed by atoms with Crippen molar-refractivity contribution in [3.8, 4) is 0 Å². The molecule has 0 radical (unpaired) electrons. The van der Waals surface area contributed by atoms with Crippen LogP contribution < -0.4 is 4.72 Å². The average Bonchev–Trinajstić information content (AvgIpc) is 2.81. The van der Waals surface area contributed by atoms with E-state index in [0.29, 0.717) is 11.4 Å². The topological polar surface area (TPSA) is 92.6 Å². The molecule has 0 unspecified atom stereocenters. The van der Waals surface area contributed by atoms with Gasteiger partial charge in [0.15, 0.2) is 0 Å². The molecule has 34 heavy (non-hydrogen) atoms. The molecular formula is C25H30ClN3O4S.